The summed E-state index contributed by atoms with van der Waals surface area (Å²) < 4.78 is 4.96. The van der Waals surface area contributed by atoms with Crippen LogP contribution in [0.4, 0.5) is 0 Å². The molecule has 0 radical (unpaired) electrons. The molecule has 2 aliphatic rings. The molecule has 26 heavy (non-hydrogen) atoms. The Kier molecular flexibility index (Phi) is 6.22. The summed E-state index contributed by atoms with van der Waals surface area (Å²) in [5, 5.41) is 14.5. The largest absolute Gasteiger partial charge is 0.480 e. The van der Waals surface area contributed by atoms with Crippen molar-refractivity contribution in [1.82, 2.24) is 10.6 Å². The lowest BCUT2D eigenvalue weighted by molar-refractivity contribution is -0.193. The van der Waals surface area contributed by atoms with Crippen LogP contribution < -0.4 is 16.4 Å². The third kappa shape index (κ3) is 4.32. The minimum atomic E-state index is -1.12. The first-order chi connectivity index (χ1) is 12.2. The van der Waals surface area contributed by atoms with E-state index in [0.29, 0.717) is 6.42 Å². The quantitative estimate of drug-likeness (QED) is 0.391. The molecule has 146 valence electrons. The molecule has 1 heterocycles. The van der Waals surface area contributed by atoms with Gasteiger partial charge in [-0.3, -0.25) is 14.4 Å². The predicted molar refractivity (Wildman–Crippen MR) is 90.6 cm³/mol. The molecule has 0 aromatic rings. The molecule has 9 nitrogen and oxygen atoms in total. The summed E-state index contributed by atoms with van der Waals surface area (Å²) in [5.74, 6) is -3.03. The van der Waals surface area contributed by atoms with E-state index in [0.717, 1.165) is 6.42 Å². The lowest BCUT2D eigenvalue weighted by atomic mass is 9.83. The Morgan fingerprint density at radius 2 is 2.00 bits per heavy atom. The van der Waals surface area contributed by atoms with E-state index in [1.807, 2.05) is 13.8 Å². The SMILES string of the molecule is CCC(C)[C@@H]1C(=O)OC1C(=O)NC[C@H]1C[C@H]1[C@H](NC(=O)[C@H](C)N)C(=O)O. The van der Waals surface area contributed by atoms with Crippen molar-refractivity contribution in [2.45, 2.75) is 51.8 Å². The Morgan fingerprint density at radius 3 is 2.50 bits per heavy atom. The van der Waals surface area contributed by atoms with Crippen molar-refractivity contribution in [2.24, 2.45) is 29.4 Å². The summed E-state index contributed by atoms with van der Waals surface area (Å²) in [6, 6.07) is -1.82. The minimum absolute atomic E-state index is 0.0498. The number of nitrogens with two attached hydrogens (primary N) is 1. The van der Waals surface area contributed by atoms with Gasteiger partial charge in [-0.15, -0.1) is 0 Å². The van der Waals surface area contributed by atoms with Crippen molar-refractivity contribution in [3.8, 4) is 0 Å². The number of carboxylic acid groups (broad SMARTS) is 1. The number of esters is 1. The number of hydrogen-bond acceptors (Lipinski definition) is 6. The summed E-state index contributed by atoms with van der Waals surface area (Å²) in [5.41, 5.74) is 5.45. The van der Waals surface area contributed by atoms with E-state index in [4.69, 9.17) is 10.5 Å². The van der Waals surface area contributed by atoms with Gasteiger partial charge in [0, 0.05) is 6.54 Å². The van der Waals surface area contributed by atoms with Gasteiger partial charge in [0.2, 0.25) is 5.91 Å². The average molecular weight is 369 g/mol. The van der Waals surface area contributed by atoms with Crippen LogP contribution in [0.1, 0.15) is 33.6 Å². The number of cyclic esters (lactones) is 1. The Hall–Kier alpha value is -2.16. The summed E-state index contributed by atoms with van der Waals surface area (Å²) in [7, 11) is 0. The second-order valence-electron chi connectivity index (χ2n) is 7.29. The fourth-order valence-corrected chi connectivity index (χ4v) is 3.21. The predicted octanol–water partition coefficient (Wildman–Crippen LogP) is -0.757. The molecule has 5 N–H and O–H groups in total. The standard InChI is InChI=1S/C17H27N3O6/c1-4-7(2)11-13(26-17(11)25)15(22)19-6-9-5-10(9)12(16(23)24)20-14(21)8(3)18/h7-13H,4-6,18H2,1-3H3,(H,19,22)(H,20,21)(H,23,24)/t7?,8-,9+,10+,11-,12-,13?/m0/s1. The Morgan fingerprint density at radius 1 is 1.35 bits per heavy atom. The van der Waals surface area contributed by atoms with Gasteiger partial charge in [0.15, 0.2) is 6.10 Å². The maximum atomic E-state index is 12.2. The van der Waals surface area contributed by atoms with Crippen molar-refractivity contribution in [3.05, 3.63) is 0 Å². The van der Waals surface area contributed by atoms with E-state index >= 15 is 0 Å². The van der Waals surface area contributed by atoms with Gasteiger partial charge < -0.3 is 26.2 Å². The van der Waals surface area contributed by atoms with Gasteiger partial charge in [-0.05, 0) is 31.1 Å². The molecule has 1 aliphatic heterocycles. The number of amides is 2. The van der Waals surface area contributed by atoms with Crippen molar-refractivity contribution < 1.29 is 29.0 Å². The number of ether oxygens (including phenoxy) is 1. The first kappa shape index (κ1) is 20.2. The zero-order valence-electron chi connectivity index (χ0n) is 15.2. The normalized spacial score (nSPS) is 30.2. The molecule has 0 spiro atoms. The van der Waals surface area contributed by atoms with Gasteiger partial charge in [-0.25, -0.2) is 4.79 Å². The zero-order valence-corrected chi connectivity index (χ0v) is 15.2. The Bertz CT molecular complexity index is 593. The first-order valence-corrected chi connectivity index (χ1v) is 8.94. The van der Waals surface area contributed by atoms with Crippen LogP contribution >= 0.6 is 0 Å². The molecular weight excluding hydrogens is 342 g/mol. The molecule has 2 amide bonds. The molecule has 0 bridgehead atoms. The molecule has 2 unspecified atom stereocenters. The van der Waals surface area contributed by atoms with Crippen molar-refractivity contribution >= 4 is 23.8 Å². The summed E-state index contributed by atoms with van der Waals surface area (Å²) in [4.78, 5) is 46.8. The van der Waals surface area contributed by atoms with E-state index < -0.39 is 36.0 Å². The number of aliphatic carboxylic acids is 1. The molecule has 2 fully saturated rings. The van der Waals surface area contributed by atoms with Crippen LogP contribution in [-0.4, -0.2) is 53.6 Å². The lowest BCUT2D eigenvalue weighted by Crippen LogP contribution is -2.56. The van der Waals surface area contributed by atoms with Gasteiger partial charge in [0.05, 0.1) is 6.04 Å². The second-order valence-corrected chi connectivity index (χ2v) is 7.29. The van der Waals surface area contributed by atoms with Crippen LogP contribution in [0, 0.1) is 23.7 Å². The minimum Gasteiger partial charge on any atom is -0.480 e. The van der Waals surface area contributed by atoms with Crippen LogP contribution in [-0.2, 0) is 23.9 Å². The highest BCUT2D eigenvalue weighted by atomic mass is 16.6. The summed E-state index contributed by atoms with van der Waals surface area (Å²) >= 11 is 0. The molecule has 9 heteroatoms. The average Bonchev–Trinajstić information content (AvgIpc) is 3.33. The summed E-state index contributed by atoms with van der Waals surface area (Å²) in [6.07, 6.45) is 0.575. The van der Waals surface area contributed by atoms with Crippen LogP contribution in [0.2, 0.25) is 0 Å². The molecular formula is C17H27N3O6. The number of carbonyl (C=O) groups excluding carboxylic acids is 3. The highest BCUT2D eigenvalue weighted by Gasteiger charge is 2.51. The van der Waals surface area contributed by atoms with E-state index in [2.05, 4.69) is 10.6 Å². The van der Waals surface area contributed by atoms with E-state index in [1.54, 1.807) is 0 Å². The molecule has 0 aromatic carbocycles. The van der Waals surface area contributed by atoms with Crippen LogP contribution in [0.25, 0.3) is 0 Å². The molecule has 1 aliphatic carbocycles. The molecule has 1 saturated carbocycles. The highest BCUT2D eigenvalue weighted by molar-refractivity contribution is 5.94. The van der Waals surface area contributed by atoms with Gasteiger partial charge in [0.25, 0.3) is 5.91 Å². The molecule has 2 rings (SSSR count). The molecule has 0 aromatic heterocycles. The second kappa shape index (κ2) is 8.03. The van der Waals surface area contributed by atoms with Crippen molar-refractivity contribution in [2.75, 3.05) is 6.54 Å². The Labute approximate surface area is 152 Å². The number of rotatable bonds is 9. The fraction of sp³-hybridized carbons (Fsp3) is 0.765. The molecule has 1 saturated heterocycles. The fourth-order valence-electron chi connectivity index (χ4n) is 3.21. The van der Waals surface area contributed by atoms with E-state index in [-0.39, 0.29) is 36.2 Å². The third-order valence-corrected chi connectivity index (χ3v) is 5.28. The summed E-state index contributed by atoms with van der Waals surface area (Å²) in [6.45, 7) is 5.61. The lowest BCUT2D eigenvalue weighted by Gasteiger charge is -2.37. The number of carbonyl (C=O) groups is 4. The number of carboxylic acids is 1. The Balaban J connectivity index is 1.82. The monoisotopic (exact) mass is 369 g/mol. The molecule has 7 atom stereocenters. The van der Waals surface area contributed by atoms with Crippen LogP contribution in [0.3, 0.4) is 0 Å². The highest BCUT2D eigenvalue weighted by Crippen LogP contribution is 2.41. The third-order valence-electron chi connectivity index (χ3n) is 5.28. The number of hydrogen-bond donors (Lipinski definition) is 4. The van der Waals surface area contributed by atoms with Gasteiger partial charge in [0.1, 0.15) is 12.0 Å². The van der Waals surface area contributed by atoms with Crippen molar-refractivity contribution in [3.63, 3.8) is 0 Å². The zero-order chi connectivity index (χ0) is 19.6. The van der Waals surface area contributed by atoms with Crippen molar-refractivity contribution in [1.29, 1.82) is 0 Å². The smallest absolute Gasteiger partial charge is 0.326 e. The number of nitrogens with one attached hydrogen (secondary N) is 2. The van der Waals surface area contributed by atoms with Crippen LogP contribution in [0.5, 0.6) is 0 Å². The van der Waals surface area contributed by atoms with Gasteiger partial charge >= 0.3 is 11.9 Å². The van der Waals surface area contributed by atoms with E-state index in [9.17, 15) is 24.3 Å². The van der Waals surface area contributed by atoms with Crippen LogP contribution in [0.15, 0.2) is 0 Å². The first-order valence-electron chi connectivity index (χ1n) is 8.94. The van der Waals surface area contributed by atoms with Gasteiger partial charge in [-0.1, -0.05) is 20.3 Å². The topological polar surface area (TPSA) is 148 Å². The van der Waals surface area contributed by atoms with E-state index in [1.165, 1.54) is 6.92 Å². The maximum Gasteiger partial charge on any atom is 0.326 e. The maximum absolute atomic E-state index is 12.2. The van der Waals surface area contributed by atoms with Gasteiger partial charge in [-0.2, -0.15) is 0 Å².